The van der Waals surface area contributed by atoms with E-state index in [2.05, 4.69) is 32.9 Å². The van der Waals surface area contributed by atoms with E-state index in [1.54, 1.807) is 0 Å². The summed E-state index contributed by atoms with van der Waals surface area (Å²) in [6.07, 6.45) is 2.92. The number of aryl methyl sites for hydroxylation is 3. The van der Waals surface area contributed by atoms with Crippen LogP contribution in [0.1, 0.15) is 46.8 Å². The summed E-state index contributed by atoms with van der Waals surface area (Å²) in [6.45, 7) is 6.37. The summed E-state index contributed by atoms with van der Waals surface area (Å²) in [7, 11) is 0. The zero-order valence-corrected chi connectivity index (χ0v) is 9.76. The molecule has 1 aliphatic rings. The molecule has 1 aromatic carbocycles. The molecule has 1 atom stereocenters. The van der Waals surface area contributed by atoms with E-state index in [4.69, 9.17) is 0 Å². The van der Waals surface area contributed by atoms with Gasteiger partial charge in [-0.2, -0.15) is 0 Å². The molecule has 0 spiro atoms. The Balaban J connectivity index is 2.49. The first-order valence-corrected chi connectivity index (χ1v) is 5.71. The number of fused-ring (bicyclic) bond motifs is 1. The number of carbonyl (C=O) groups excluding carboxylic acids is 1. The van der Waals surface area contributed by atoms with E-state index >= 15 is 0 Å². The van der Waals surface area contributed by atoms with Crippen molar-refractivity contribution in [3.05, 3.63) is 34.4 Å². The van der Waals surface area contributed by atoms with Gasteiger partial charge in [-0.05, 0) is 55.4 Å². The Bertz CT molecular complexity index is 404. The second-order valence-electron chi connectivity index (χ2n) is 4.86. The van der Waals surface area contributed by atoms with Crippen LogP contribution in [0.4, 0.5) is 0 Å². The molecule has 0 aromatic heterocycles. The minimum atomic E-state index is 0.332. The molecule has 1 aromatic rings. The van der Waals surface area contributed by atoms with E-state index in [0.29, 0.717) is 11.7 Å². The summed E-state index contributed by atoms with van der Waals surface area (Å²) in [4.78, 5) is 12.0. The molecule has 0 aliphatic heterocycles. The molecule has 0 bridgehead atoms. The molecular formula is C14H18O. The van der Waals surface area contributed by atoms with Crippen molar-refractivity contribution in [2.75, 3.05) is 0 Å². The highest BCUT2D eigenvalue weighted by atomic mass is 16.1. The number of hydrogen-bond acceptors (Lipinski definition) is 1. The van der Waals surface area contributed by atoms with Crippen LogP contribution in [0.15, 0.2) is 12.1 Å². The molecule has 0 fully saturated rings. The van der Waals surface area contributed by atoms with Gasteiger partial charge in [0.05, 0.1) is 0 Å². The molecule has 2 rings (SSSR count). The van der Waals surface area contributed by atoms with Crippen molar-refractivity contribution in [1.29, 1.82) is 0 Å². The summed E-state index contributed by atoms with van der Waals surface area (Å²) < 4.78 is 0. The third-order valence-electron chi connectivity index (χ3n) is 3.46. The van der Waals surface area contributed by atoms with E-state index in [-0.39, 0.29) is 0 Å². The largest absolute Gasteiger partial charge is 0.294 e. The summed E-state index contributed by atoms with van der Waals surface area (Å²) in [5, 5.41) is 0. The van der Waals surface area contributed by atoms with E-state index in [9.17, 15) is 4.79 Å². The van der Waals surface area contributed by atoms with Gasteiger partial charge in [-0.15, -0.1) is 0 Å². The summed E-state index contributed by atoms with van der Waals surface area (Å²) in [5.41, 5.74) is 4.77. The van der Waals surface area contributed by atoms with Gasteiger partial charge in [0.1, 0.15) is 0 Å². The molecule has 0 saturated heterocycles. The lowest BCUT2D eigenvalue weighted by molar-refractivity contribution is 0.0967. The molecule has 0 amide bonds. The van der Waals surface area contributed by atoms with Crippen LogP contribution >= 0.6 is 0 Å². The Morgan fingerprint density at radius 1 is 1.20 bits per heavy atom. The topological polar surface area (TPSA) is 17.1 Å². The SMILES string of the molecule is Cc1cc2c(cc1C)C(=O)CC(C)CC2. The van der Waals surface area contributed by atoms with E-state index < -0.39 is 0 Å². The third-order valence-corrected chi connectivity index (χ3v) is 3.46. The molecule has 1 heteroatoms. The highest BCUT2D eigenvalue weighted by molar-refractivity contribution is 5.98. The van der Waals surface area contributed by atoms with Crippen molar-refractivity contribution in [3.8, 4) is 0 Å². The van der Waals surface area contributed by atoms with Crippen molar-refractivity contribution >= 4 is 5.78 Å². The minimum absolute atomic E-state index is 0.332. The quantitative estimate of drug-likeness (QED) is 0.589. The fourth-order valence-corrected chi connectivity index (χ4v) is 2.27. The maximum absolute atomic E-state index is 12.0. The molecule has 1 nitrogen and oxygen atoms in total. The smallest absolute Gasteiger partial charge is 0.163 e. The molecule has 0 N–H and O–H groups in total. The molecule has 0 heterocycles. The minimum Gasteiger partial charge on any atom is -0.294 e. The maximum Gasteiger partial charge on any atom is 0.163 e. The van der Waals surface area contributed by atoms with Crippen LogP contribution in [0.5, 0.6) is 0 Å². The van der Waals surface area contributed by atoms with Crippen molar-refractivity contribution in [2.45, 2.75) is 40.0 Å². The normalized spacial score (nSPS) is 21.0. The number of hydrogen-bond donors (Lipinski definition) is 0. The monoisotopic (exact) mass is 202 g/mol. The second-order valence-corrected chi connectivity index (χ2v) is 4.86. The van der Waals surface area contributed by atoms with Crippen LogP contribution in [-0.2, 0) is 6.42 Å². The highest BCUT2D eigenvalue weighted by Gasteiger charge is 2.20. The van der Waals surface area contributed by atoms with E-state index in [0.717, 1.165) is 24.8 Å². The number of ketones is 1. The van der Waals surface area contributed by atoms with E-state index in [1.807, 2.05) is 0 Å². The average molecular weight is 202 g/mol. The van der Waals surface area contributed by atoms with Gasteiger partial charge >= 0.3 is 0 Å². The highest BCUT2D eigenvalue weighted by Crippen LogP contribution is 2.26. The summed E-state index contributed by atoms with van der Waals surface area (Å²) >= 11 is 0. The molecule has 0 saturated carbocycles. The first kappa shape index (κ1) is 10.4. The number of carbonyl (C=O) groups is 1. The zero-order valence-electron chi connectivity index (χ0n) is 9.76. The van der Waals surface area contributed by atoms with Crippen molar-refractivity contribution in [3.63, 3.8) is 0 Å². The van der Waals surface area contributed by atoms with Gasteiger partial charge in [0.15, 0.2) is 5.78 Å². The second kappa shape index (κ2) is 3.80. The molecule has 80 valence electrons. The van der Waals surface area contributed by atoms with Gasteiger partial charge in [-0.3, -0.25) is 4.79 Å². The lowest BCUT2D eigenvalue weighted by Crippen LogP contribution is -2.04. The average Bonchev–Trinajstić information content (AvgIpc) is 2.30. The molecule has 1 unspecified atom stereocenters. The number of rotatable bonds is 0. The first-order valence-electron chi connectivity index (χ1n) is 5.71. The van der Waals surface area contributed by atoms with Crippen molar-refractivity contribution in [2.24, 2.45) is 5.92 Å². The Labute approximate surface area is 91.5 Å². The van der Waals surface area contributed by atoms with Gasteiger partial charge in [0, 0.05) is 12.0 Å². The van der Waals surface area contributed by atoms with Crippen LogP contribution < -0.4 is 0 Å². The van der Waals surface area contributed by atoms with Gasteiger partial charge in [-0.1, -0.05) is 13.0 Å². The molecule has 15 heavy (non-hydrogen) atoms. The van der Waals surface area contributed by atoms with Crippen LogP contribution in [0.3, 0.4) is 0 Å². The van der Waals surface area contributed by atoms with Gasteiger partial charge in [0.25, 0.3) is 0 Å². The maximum atomic E-state index is 12.0. The van der Waals surface area contributed by atoms with Crippen LogP contribution in [0.2, 0.25) is 0 Å². The molecular weight excluding hydrogens is 184 g/mol. The molecule has 1 aliphatic carbocycles. The number of Topliss-reactive ketones (excluding diaryl/α,β-unsaturated/α-hetero) is 1. The standard InChI is InChI=1S/C14H18O/c1-9-4-5-12-7-10(2)11(3)8-13(12)14(15)6-9/h7-9H,4-6H2,1-3H3. The van der Waals surface area contributed by atoms with Gasteiger partial charge in [-0.25, -0.2) is 0 Å². The van der Waals surface area contributed by atoms with Crippen molar-refractivity contribution < 1.29 is 4.79 Å². The van der Waals surface area contributed by atoms with Crippen molar-refractivity contribution in [1.82, 2.24) is 0 Å². The lowest BCUT2D eigenvalue weighted by Gasteiger charge is -2.08. The fourth-order valence-electron chi connectivity index (χ4n) is 2.27. The fraction of sp³-hybridized carbons (Fsp3) is 0.500. The van der Waals surface area contributed by atoms with Crippen LogP contribution in [-0.4, -0.2) is 5.78 Å². The Hall–Kier alpha value is -1.11. The first-order chi connectivity index (χ1) is 7.08. The summed E-state index contributed by atoms with van der Waals surface area (Å²) in [5.74, 6) is 0.864. The van der Waals surface area contributed by atoms with E-state index in [1.165, 1.54) is 16.7 Å². The Morgan fingerprint density at radius 2 is 1.87 bits per heavy atom. The summed E-state index contributed by atoms with van der Waals surface area (Å²) in [6, 6.07) is 4.27. The predicted molar refractivity (Wildman–Crippen MR) is 62.3 cm³/mol. The lowest BCUT2D eigenvalue weighted by atomic mass is 9.96. The zero-order chi connectivity index (χ0) is 11.0. The Kier molecular flexibility index (Phi) is 2.64. The Morgan fingerprint density at radius 3 is 2.60 bits per heavy atom. The third kappa shape index (κ3) is 1.97. The molecule has 0 radical (unpaired) electrons. The van der Waals surface area contributed by atoms with Crippen LogP contribution in [0, 0.1) is 19.8 Å². The number of benzene rings is 1. The van der Waals surface area contributed by atoms with Gasteiger partial charge < -0.3 is 0 Å². The van der Waals surface area contributed by atoms with Gasteiger partial charge in [0.2, 0.25) is 0 Å². The predicted octanol–water partition coefficient (Wildman–Crippen LogP) is 3.46. The van der Waals surface area contributed by atoms with Crippen LogP contribution in [0.25, 0.3) is 0 Å².